The van der Waals surface area contributed by atoms with Crippen LogP contribution in [0.25, 0.3) is 10.9 Å². The number of nitrogen functional groups attached to an aromatic ring is 2. The van der Waals surface area contributed by atoms with Gasteiger partial charge in [-0.05, 0) is 19.1 Å². The van der Waals surface area contributed by atoms with E-state index >= 15 is 0 Å². The third-order valence-corrected chi connectivity index (χ3v) is 5.02. The van der Waals surface area contributed by atoms with Gasteiger partial charge in [-0.1, -0.05) is 17.7 Å². The van der Waals surface area contributed by atoms with E-state index in [0.717, 1.165) is 0 Å². The molecule has 0 radical (unpaired) electrons. The summed E-state index contributed by atoms with van der Waals surface area (Å²) in [5.41, 5.74) is 11.4. The van der Waals surface area contributed by atoms with Crippen LogP contribution in [0, 0.1) is 11.3 Å². The Balaban J connectivity index is 2.12. The standard InChI is InChI=1S/C19H21ClN10O3/c1-9(25-15-10(8-21)14(22)27-18(23)28-15)16-26-12-5-3-4-11(20)13(12)17(31)30(16)29(2)7-6-24-19(32)33/h3-5,9,24H,6-7H2,1-2H3,(H,32,33)(H5,22,23,25,27,28). The summed E-state index contributed by atoms with van der Waals surface area (Å²) in [4.78, 5) is 36.6. The van der Waals surface area contributed by atoms with Gasteiger partial charge in [0.05, 0.1) is 28.5 Å². The fraction of sp³-hybridized carbons (Fsp3) is 0.263. The van der Waals surface area contributed by atoms with Crippen molar-refractivity contribution < 1.29 is 9.90 Å². The molecule has 1 unspecified atom stereocenters. The fourth-order valence-corrected chi connectivity index (χ4v) is 3.46. The van der Waals surface area contributed by atoms with E-state index in [2.05, 4.69) is 25.6 Å². The van der Waals surface area contributed by atoms with Crippen LogP contribution >= 0.6 is 11.6 Å². The summed E-state index contributed by atoms with van der Waals surface area (Å²) >= 11 is 6.26. The number of carboxylic acid groups (broad SMARTS) is 1. The highest BCUT2D eigenvalue weighted by atomic mass is 35.5. The summed E-state index contributed by atoms with van der Waals surface area (Å²) in [6, 6.07) is 6.15. The number of hydrogen-bond donors (Lipinski definition) is 5. The molecule has 7 N–H and O–H groups in total. The van der Waals surface area contributed by atoms with Crippen molar-refractivity contribution >= 4 is 46.2 Å². The van der Waals surface area contributed by atoms with Gasteiger partial charge in [-0.2, -0.15) is 15.2 Å². The number of nitrogens with two attached hydrogens (primary N) is 2. The topological polar surface area (TPSA) is 201 Å². The monoisotopic (exact) mass is 472 g/mol. The Morgan fingerprint density at radius 2 is 2.09 bits per heavy atom. The van der Waals surface area contributed by atoms with E-state index in [4.69, 9.17) is 28.2 Å². The molecular weight excluding hydrogens is 452 g/mol. The number of anilines is 3. The predicted octanol–water partition coefficient (Wildman–Crippen LogP) is 0.884. The molecule has 0 aliphatic rings. The zero-order valence-electron chi connectivity index (χ0n) is 17.7. The highest BCUT2D eigenvalue weighted by Crippen LogP contribution is 2.25. The molecule has 0 saturated heterocycles. The molecule has 3 aromatic rings. The van der Waals surface area contributed by atoms with Gasteiger partial charge >= 0.3 is 6.09 Å². The first-order chi connectivity index (χ1) is 15.6. The molecule has 3 rings (SSSR count). The van der Waals surface area contributed by atoms with Crippen LogP contribution in [0.3, 0.4) is 0 Å². The molecule has 0 aliphatic carbocycles. The summed E-state index contributed by atoms with van der Waals surface area (Å²) in [6.45, 7) is 1.91. The molecule has 0 bridgehead atoms. The molecule has 0 fully saturated rings. The number of nitrogens with zero attached hydrogens (tertiary/aromatic N) is 6. The molecule has 0 spiro atoms. The second-order valence-electron chi connectivity index (χ2n) is 7.00. The number of hydrogen-bond acceptors (Lipinski definition) is 10. The van der Waals surface area contributed by atoms with Crippen molar-refractivity contribution in [3.63, 3.8) is 0 Å². The lowest BCUT2D eigenvalue weighted by Crippen LogP contribution is -2.46. The number of fused-ring (bicyclic) bond motifs is 1. The van der Waals surface area contributed by atoms with Gasteiger partial charge in [-0.15, -0.1) is 0 Å². The molecule has 2 heterocycles. The molecule has 1 aromatic carbocycles. The summed E-state index contributed by atoms with van der Waals surface area (Å²) in [7, 11) is 1.60. The molecule has 14 heteroatoms. The molecule has 0 aliphatic heterocycles. The molecule has 1 atom stereocenters. The van der Waals surface area contributed by atoms with Crippen LogP contribution in [0.4, 0.5) is 22.4 Å². The number of amides is 1. The quantitative estimate of drug-likeness (QED) is 0.326. The number of nitrogens with one attached hydrogen (secondary N) is 2. The molecule has 2 aromatic heterocycles. The Morgan fingerprint density at radius 3 is 2.76 bits per heavy atom. The largest absolute Gasteiger partial charge is 0.465 e. The van der Waals surface area contributed by atoms with Crippen molar-refractivity contribution in [3.05, 3.63) is 45.0 Å². The average molecular weight is 473 g/mol. The SMILES string of the molecule is CC(Nc1nc(N)nc(N)c1C#N)c1nc2cccc(Cl)c2c(=O)n1N(C)CCNC(=O)O. The third kappa shape index (κ3) is 4.80. The Labute approximate surface area is 192 Å². The van der Waals surface area contributed by atoms with Gasteiger partial charge in [-0.3, -0.25) is 4.79 Å². The Hall–Kier alpha value is -4.31. The predicted molar refractivity (Wildman–Crippen MR) is 124 cm³/mol. The van der Waals surface area contributed by atoms with E-state index in [1.807, 2.05) is 6.07 Å². The van der Waals surface area contributed by atoms with Crippen molar-refractivity contribution in [1.82, 2.24) is 24.9 Å². The molecule has 172 valence electrons. The number of aromatic nitrogens is 4. The van der Waals surface area contributed by atoms with Gasteiger partial charge in [0.25, 0.3) is 5.56 Å². The molecule has 0 saturated carbocycles. The number of halogens is 1. The lowest BCUT2D eigenvalue weighted by molar-refractivity contribution is 0.194. The van der Waals surface area contributed by atoms with Gasteiger partial charge in [0, 0.05) is 13.6 Å². The lowest BCUT2D eigenvalue weighted by Gasteiger charge is -2.27. The van der Waals surface area contributed by atoms with E-state index < -0.39 is 17.7 Å². The van der Waals surface area contributed by atoms with E-state index in [9.17, 15) is 14.9 Å². The Morgan fingerprint density at radius 1 is 1.36 bits per heavy atom. The highest BCUT2D eigenvalue weighted by molar-refractivity contribution is 6.35. The Kier molecular flexibility index (Phi) is 6.69. The maximum Gasteiger partial charge on any atom is 0.404 e. The summed E-state index contributed by atoms with van der Waals surface area (Å²) in [6.07, 6.45) is -1.19. The average Bonchev–Trinajstić information content (AvgIpc) is 2.72. The zero-order valence-corrected chi connectivity index (χ0v) is 18.5. The lowest BCUT2D eigenvalue weighted by atomic mass is 10.2. The van der Waals surface area contributed by atoms with E-state index in [1.54, 1.807) is 32.2 Å². The second-order valence-corrected chi connectivity index (χ2v) is 7.41. The van der Waals surface area contributed by atoms with E-state index in [0.29, 0.717) is 5.52 Å². The summed E-state index contributed by atoms with van der Waals surface area (Å²) < 4.78 is 1.29. The normalized spacial score (nSPS) is 11.6. The smallest absolute Gasteiger partial charge is 0.404 e. The van der Waals surface area contributed by atoms with Crippen LogP contribution in [0.1, 0.15) is 24.4 Å². The van der Waals surface area contributed by atoms with Crippen molar-refractivity contribution in [1.29, 1.82) is 5.26 Å². The van der Waals surface area contributed by atoms with Gasteiger partial charge in [0.1, 0.15) is 17.5 Å². The van der Waals surface area contributed by atoms with Crippen molar-refractivity contribution in [3.8, 4) is 6.07 Å². The van der Waals surface area contributed by atoms with Gasteiger partial charge < -0.3 is 32.2 Å². The van der Waals surface area contributed by atoms with Crippen molar-refractivity contribution in [2.45, 2.75) is 13.0 Å². The number of rotatable bonds is 7. The van der Waals surface area contributed by atoms with Crippen molar-refractivity contribution in [2.75, 3.05) is 41.9 Å². The van der Waals surface area contributed by atoms with Gasteiger partial charge in [0.15, 0.2) is 11.6 Å². The van der Waals surface area contributed by atoms with Gasteiger partial charge in [-0.25, -0.2) is 14.5 Å². The molecular formula is C19H21ClN10O3. The van der Waals surface area contributed by atoms with Crippen LogP contribution in [-0.2, 0) is 0 Å². The minimum absolute atomic E-state index is 0.00667. The molecule has 1 amide bonds. The first-order valence-corrected chi connectivity index (χ1v) is 10.0. The van der Waals surface area contributed by atoms with Crippen LogP contribution in [0.2, 0.25) is 5.02 Å². The van der Waals surface area contributed by atoms with Gasteiger partial charge in [0.2, 0.25) is 5.95 Å². The maximum absolute atomic E-state index is 13.4. The minimum atomic E-state index is -1.19. The summed E-state index contributed by atoms with van der Waals surface area (Å²) in [5.74, 6) is 0.116. The zero-order chi connectivity index (χ0) is 24.3. The third-order valence-electron chi connectivity index (χ3n) is 4.71. The summed E-state index contributed by atoms with van der Waals surface area (Å²) in [5, 5.41) is 25.5. The first kappa shape index (κ1) is 23.4. The van der Waals surface area contributed by atoms with Crippen molar-refractivity contribution in [2.24, 2.45) is 0 Å². The first-order valence-electron chi connectivity index (χ1n) is 9.63. The number of benzene rings is 1. The maximum atomic E-state index is 13.4. The van der Waals surface area contributed by atoms with E-state index in [-0.39, 0.29) is 52.5 Å². The Bertz CT molecular complexity index is 1320. The molecule has 13 nitrogen and oxygen atoms in total. The minimum Gasteiger partial charge on any atom is -0.465 e. The number of carbonyl (C=O) groups is 1. The van der Waals surface area contributed by atoms with Crippen LogP contribution < -0.4 is 32.7 Å². The van der Waals surface area contributed by atoms with Crippen LogP contribution in [0.5, 0.6) is 0 Å². The fourth-order valence-electron chi connectivity index (χ4n) is 3.21. The number of nitriles is 1. The van der Waals surface area contributed by atoms with Crippen LogP contribution in [-0.4, -0.2) is 51.0 Å². The van der Waals surface area contributed by atoms with E-state index in [1.165, 1.54) is 9.69 Å². The van der Waals surface area contributed by atoms with Crippen LogP contribution in [0.15, 0.2) is 23.0 Å². The number of likely N-dealkylation sites (N-methyl/N-ethyl adjacent to an activating group) is 1. The second kappa shape index (κ2) is 9.45. The molecule has 33 heavy (non-hydrogen) atoms. The highest BCUT2D eigenvalue weighted by Gasteiger charge is 2.22.